The zero-order valence-electron chi connectivity index (χ0n) is 36.8. The Morgan fingerprint density at radius 1 is 0.873 bits per heavy atom. The Kier molecular flexibility index (Phi) is 20.4. The van der Waals surface area contributed by atoms with E-state index in [9.17, 15) is 19.2 Å². The lowest BCUT2D eigenvalue weighted by atomic mass is 9.82. The SMILES string of the molecule is COCCCCOc1ccccc1C(=O)NCC(CC(NC(=O)OC(C)(C)C)C(CC(C(=O)N(CC(C)C)C(N)=O)C(C)C)O[Si](C)(C)C(C)(C)C)C(C)C. The summed E-state index contributed by atoms with van der Waals surface area (Å²) in [6.45, 7) is 29.7. The molecule has 0 bridgehead atoms. The number of primary amides is 1. The van der Waals surface area contributed by atoms with E-state index in [1.54, 1.807) is 40.0 Å². The van der Waals surface area contributed by atoms with Crippen LogP contribution in [0.4, 0.5) is 9.59 Å². The minimum Gasteiger partial charge on any atom is -0.493 e. The van der Waals surface area contributed by atoms with Crippen LogP contribution >= 0.6 is 0 Å². The third-order valence-electron chi connectivity index (χ3n) is 10.2. The van der Waals surface area contributed by atoms with Crippen molar-refractivity contribution >= 4 is 32.3 Å². The molecule has 13 heteroatoms. The number of ether oxygens (including phenoxy) is 3. The average Bonchev–Trinajstić information content (AvgIpc) is 3.04. The van der Waals surface area contributed by atoms with Gasteiger partial charge < -0.3 is 35.0 Å². The molecule has 0 saturated carbocycles. The number of carbonyl (C=O) groups is 4. The van der Waals surface area contributed by atoms with E-state index in [1.165, 1.54) is 0 Å². The number of hydrogen-bond donors (Lipinski definition) is 3. The summed E-state index contributed by atoms with van der Waals surface area (Å²) in [5, 5.41) is 6.09. The predicted molar refractivity (Wildman–Crippen MR) is 223 cm³/mol. The van der Waals surface area contributed by atoms with Gasteiger partial charge in [0.15, 0.2) is 8.32 Å². The second-order valence-electron chi connectivity index (χ2n) is 18.4. The summed E-state index contributed by atoms with van der Waals surface area (Å²) in [7, 11) is -0.857. The predicted octanol–water partition coefficient (Wildman–Crippen LogP) is 8.39. The van der Waals surface area contributed by atoms with Crippen LogP contribution in [0.2, 0.25) is 18.1 Å². The van der Waals surface area contributed by atoms with Gasteiger partial charge in [-0.15, -0.1) is 0 Å². The maximum Gasteiger partial charge on any atom is 0.407 e. The molecule has 0 spiro atoms. The number of hydrogen-bond acceptors (Lipinski definition) is 8. The van der Waals surface area contributed by atoms with E-state index in [4.69, 9.17) is 24.4 Å². The number of imide groups is 1. The number of rotatable bonds is 22. The second-order valence-corrected chi connectivity index (χ2v) is 23.2. The zero-order valence-corrected chi connectivity index (χ0v) is 37.8. The molecule has 4 unspecified atom stereocenters. The molecular formula is C42H76N4O8Si. The number of nitrogens with two attached hydrogens (primary N) is 1. The van der Waals surface area contributed by atoms with Gasteiger partial charge >= 0.3 is 12.1 Å². The molecule has 0 aliphatic heterocycles. The fourth-order valence-electron chi connectivity index (χ4n) is 5.92. The smallest absolute Gasteiger partial charge is 0.407 e. The maximum absolute atomic E-state index is 14.2. The van der Waals surface area contributed by atoms with Crippen LogP contribution in [0.3, 0.4) is 0 Å². The molecule has 1 aromatic rings. The molecule has 5 amide bonds. The Hall–Kier alpha value is -3.16. The number of benzene rings is 1. The molecule has 4 atom stereocenters. The summed E-state index contributed by atoms with van der Waals surface area (Å²) < 4.78 is 24.1. The zero-order chi connectivity index (χ0) is 42.3. The van der Waals surface area contributed by atoms with Crippen molar-refractivity contribution in [1.29, 1.82) is 0 Å². The monoisotopic (exact) mass is 793 g/mol. The van der Waals surface area contributed by atoms with Crippen molar-refractivity contribution in [2.75, 3.05) is 33.4 Å². The first kappa shape index (κ1) is 49.9. The summed E-state index contributed by atoms with van der Waals surface area (Å²) in [4.78, 5) is 55.2. The van der Waals surface area contributed by atoms with Crippen LogP contribution in [0.15, 0.2) is 24.3 Å². The number of alkyl carbamates (subject to hydrolysis) is 1. The van der Waals surface area contributed by atoms with Gasteiger partial charge in [0.25, 0.3) is 5.91 Å². The number of nitrogens with one attached hydrogen (secondary N) is 2. The summed E-state index contributed by atoms with van der Waals surface area (Å²) in [5.41, 5.74) is 5.45. The highest BCUT2D eigenvalue weighted by atomic mass is 28.4. The summed E-state index contributed by atoms with van der Waals surface area (Å²) >= 11 is 0. The van der Waals surface area contributed by atoms with Gasteiger partial charge in [-0.1, -0.05) is 74.4 Å². The van der Waals surface area contributed by atoms with Gasteiger partial charge in [0.1, 0.15) is 11.4 Å². The van der Waals surface area contributed by atoms with E-state index in [1.807, 2.05) is 39.8 Å². The van der Waals surface area contributed by atoms with Crippen molar-refractivity contribution in [3.05, 3.63) is 29.8 Å². The fraction of sp³-hybridized carbons (Fsp3) is 0.762. The van der Waals surface area contributed by atoms with Gasteiger partial charge in [-0.05, 0) is 100 Å². The lowest BCUT2D eigenvalue weighted by Crippen LogP contribution is -2.55. The minimum atomic E-state index is -2.52. The Morgan fingerprint density at radius 2 is 1.47 bits per heavy atom. The van der Waals surface area contributed by atoms with Crippen LogP contribution in [-0.2, 0) is 18.7 Å². The average molecular weight is 793 g/mol. The van der Waals surface area contributed by atoms with Crippen LogP contribution in [0.5, 0.6) is 5.75 Å². The van der Waals surface area contributed by atoms with Crippen molar-refractivity contribution in [2.45, 2.75) is 145 Å². The van der Waals surface area contributed by atoms with Gasteiger partial charge in [0, 0.05) is 32.7 Å². The quantitative estimate of drug-likeness (QED) is 0.0780. The first-order valence-electron chi connectivity index (χ1n) is 20.1. The van der Waals surface area contributed by atoms with E-state index < -0.39 is 44.1 Å². The van der Waals surface area contributed by atoms with Crippen molar-refractivity contribution in [3.8, 4) is 5.75 Å². The van der Waals surface area contributed by atoms with Crippen LogP contribution in [-0.4, -0.2) is 88.3 Å². The summed E-state index contributed by atoms with van der Waals surface area (Å²) in [5.74, 6) is -0.918. The molecule has 12 nitrogen and oxygen atoms in total. The number of carbonyl (C=O) groups excluding carboxylic acids is 4. The Labute approximate surface area is 333 Å². The number of methoxy groups -OCH3 is 1. The molecule has 316 valence electrons. The topological polar surface area (TPSA) is 159 Å². The van der Waals surface area contributed by atoms with Crippen LogP contribution < -0.4 is 21.1 Å². The van der Waals surface area contributed by atoms with Crippen molar-refractivity contribution in [3.63, 3.8) is 0 Å². The minimum absolute atomic E-state index is 0.0200. The number of nitrogens with zero attached hydrogens (tertiary/aromatic N) is 1. The Balaban J connectivity index is 3.65. The Morgan fingerprint density at radius 3 is 1.98 bits per heavy atom. The van der Waals surface area contributed by atoms with Gasteiger partial charge in [-0.2, -0.15) is 0 Å². The largest absolute Gasteiger partial charge is 0.493 e. The highest BCUT2D eigenvalue weighted by Crippen LogP contribution is 2.40. The van der Waals surface area contributed by atoms with Crippen LogP contribution in [0, 0.1) is 29.6 Å². The number of unbranched alkanes of at least 4 members (excludes halogenated alkanes) is 1. The molecule has 0 fully saturated rings. The molecule has 1 rings (SSSR count). The number of urea groups is 1. The molecule has 4 N–H and O–H groups in total. The van der Waals surface area contributed by atoms with Gasteiger partial charge in [-0.25, -0.2) is 9.59 Å². The lowest BCUT2D eigenvalue weighted by molar-refractivity contribution is -0.135. The van der Waals surface area contributed by atoms with Crippen molar-refractivity contribution in [1.82, 2.24) is 15.5 Å². The Bertz CT molecular complexity index is 1360. The highest BCUT2D eigenvalue weighted by molar-refractivity contribution is 6.74. The third-order valence-corrected chi connectivity index (χ3v) is 14.8. The molecule has 0 radical (unpaired) electrons. The summed E-state index contributed by atoms with van der Waals surface area (Å²) in [6.07, 6.45) is 1.06. The van der Waals surface area contributed by atoms with Crippen LogP contribution in [0.1, 0.15) is 119 Å². The first-order chi connectivity index (χ1) is 25.3. The van der Waals surface area contributed by atoms with Gasteiger partial charge in [0.05, 0.1) is 24.3 Å². The van der Waals surface area contributed by atoms with E-state index in [0.29, 0.717) is 37.5 Å². The third kappa shape index (κ3) is 17.7. The molecule has 55 heavy (non-hydrogen) atoms. The molecule has 0 aliphatic carbocycles. The molecular weight excluding hydrogens is 717 g/mol. The highest BCUT2D eigenvalue weighted by Gasteiger charge is 2.44. The lowest BCUT2D eigenvalue weighted by Gasteiger charge is -2.44. The molecule has 0 saturated heterocycles. The van der Waals surface area contributed by atoms with Gasteiger partial charge in [-0.3, -0.25) is 14.5 Å². The fourth-order valence-corrected chi connectivity index (χ4v) is 7.29. The summed E-state index contributed by atoms with van der Waals surface area (Å²) in [6, 6.07) is 5.79. The molecule has 0 heterocycles. The number of para-hydroxylation sites is 1. The van der Waals surface area contributed by atoms with E-state index in [2.05, 4.69) is 58.3 Å². The molecule has 1 aromatic carbocycles. The molecule has 0 aromatic heterocycles. The number of amides is 5. The first-order valence-corrected chi connectivity index (χ1v) is 23.0. The van der Waals surface area contributed by atoms with E-state index in [-0.39, 0.29) is 53.5 Å². The van der Waals surface area contributed by atoms with Gasteiger partial charge in [0.2, 0.25) is 5.91 Å². The van der Waals surface area contributed by atoms with E-state index in [0.717, 1.165) is 17.7 Å². The second kappa shape index (κ2) is 22.5. The maximum atomic E-state index is 14.2. The standard InChI is InChI=1S/C42H76N4O8Si/c1-28(2)27-46(39(43)49)38(48)33(30(5)6)25-36(54-55(14,15)42(10,11)12)34(45-40(50)53-41(7,8)9)24-31(29(3)4)26-44-37(47)32-20-16-17-21-35(32)52-23-19-18-22-51-13/h16-17,20-21,28-31,33-34,36H,18-19,22-27H2,1-15H3,(H2,43,49)(H,44,47)(H,45,50). The van der Waals surface area contributed by atoms with Crippen molar-refractivity contribution < 1.29 is 37.8 Å². The normalized spacial score (nSPS) is 14.7. The van der Waals surface area contributed by atoms with Crippen LogP contribution in [0.25, 0.3) is 0 Å². The van der Waals surface area contributed by atoms with Crippen molar-refractivity contribution in [2.24, 2.45) is 35.3 Å². The molecule has 0 aliphatic rings. The van der Waals surface area contributed by atoms with E-state index >= 15 is 0 Å².